The molecule has 0 aliphatic carbocycles. The van der Waals surface area contributed by atoms with E-state index in [-0.39, 0.29) is 0 Å². The van der Waals surface area contributed by atoms with Crippen molar-refractivity contribution >= 4 is 55.4 Å². The van der Waals surface area contributed by atoms with Crippen molar-refractivity contribution in [1.29, 1.82) is 0 Å². The van der Waals surface area contributed by atoms with Crippen LogP contribution in [0.1, 0.15) is 17.4 Å². The average molecular weight is 567 g/mol. The summed E-state index contributed by atoms with van der Waals surface area (Å²) in [5, 5.41) is 8.16. The highest BCUT2D eigenvalue weighted by molar-refractivity contribution is 6.20. The Morgan fingerprint density at radius 1 is 0.500 bits per heavy atom. The van der Waals surface area contributed by atoms with Crippen molar-refractivity contribution in [1.82, 2.24) is 9.88 Å². The fraction of sp³-hybridized carbons (Fsp3) is 0.0256. The number of para-hydroxylation sites is 4. The van der Waals surface area contributed by atoms with Crippen molar-refractivity contribution in [2.24, 2.45) is 9.98 Å². The maximum absolute atomic E-state index is 6.75. The summed E-state index contributed by atoms with van der Waals surface area (Å²) < 4.78 is 9.02. The number of aliphatic imine (C=N–C) groups is 2. The highest BCUT2D eigenvalue weighted by Crippen LogP contribution is 2.38. The van der Waals surface area contributed by atoms with E-state index in [0.717, 1.165) is 61.1 Å². The molecule has 8 aromatic rings. The van der Waals surface area contributed by atoms with E-state index < -0.39 is 6.29 Å². The number of nitrogens with one attached hydrogen (secondary N) is 1. The van der Waals surface area contributed by atoms with E-state index in [0.29, 0.717) is 5.84 Å². The number of fused-ring (bicyclic) bond motifs is 6. The van der Waals surface area contributed by atoms with Crippen LogP contribution in [0.2, 0.25) is 0 Å². The van der Waals surface area contributed by atoms with Crippen molar-refractivity contribution in [3.8, 4) is 11.1 Å². The number of nitrogens with zero attached hydrogens (tertiary/aromatic N) is 3. The zero-order valence-corrected chi connectivity index (χ0v) is 23.7. The zero-order valence-electron chi connectivity index (χ0n) is 23.7. The Balaban J connectivity index is 1.29. The first-order valence-corrected chi connectivity index (χ1v) is 14.8. The number of rotatable bonds is 4. The topological polar surface area (TPSA) is 54.8 Å². The van der Waals surface area contributed by atoms with E-state index in [9.17, 15) is 0 Å². The summed E-state index contributed by atoms with van der Waals surface area (Å²) in [7, 11) is 0. The standard InChI is InChI=1S/C39H26N4O/c1-3-13-25(14-4-1)27-19-11-20-30-31-21-12-22-32(36(31)44-35(27)30)38-40-37(26-15-5-2-6-16-26)41-39(42-38)43-33-23-9-7-17-28(33)29-18-8-10-24-34(29)43/h1-24,39H,(H,40,41,42). The molecule has 1 N–H and O–H groups in total. The molecule has 1 atom stereocenters. The smallest absolute Gasteiger partial charge is 0.204 e. The quantitative estimate of drug-likeness (QED) is 0.231. The molecule has 0 saturated carbocycles. The predicted octanol–water partition coefficient (Wildman–Crippen LogP) is 9.31. The van der Waals surface area contributed by atoms with E-state index in [1.165, 1.54) is 10.8 Å². The molecule has 6 aromatic carbocycles. The highest BCUT2D eigenvalue weighted by atomic mass is 16.3. The van der Waals surface area contributed by atoms with Gasteiger partial charge in [-0.25, -0.2) is 9.98 Å². The maximum Gasteiger partial charge on any atom is 0.204 e. The van der Waals surface area contributed by atoms with E-state index >= 15 is 0 Å². The molecule has 5 heteroatoms. The number of hydrogen-bond donors (Lipinski definition) is 1. The number of amidine groups is 2. The van der Waals surface area contributed by atoms with Crippen molar-refractivity contribution in [3.05, 3.63) is 157 Å². The van der Waals surface area contributed by atoms with Crippen molar-refractivity contribution < 1.29 is 4.42 Å². The van der Waals surface area contributed by atoms with E-state index in [4.69, 9.17) is 14.4 Å². The fourth-order valence-electron chi connectivity index (χ4n) is 6.49. The van der Waals surface area contributed by atoms with Crippen molar-refractivity contribution in [2.45, 2.75) is 6.29 Å². The van der Waals surface area contributed by atoms with Crippen LogP contribution in [0.4, 0.5) is 0 Å². The number of aromatic nitrogens is 1. The maximum atomic E-state index is 6.75. The van der Waals surface area contributed by atoms with Crippen molar-refractivity contribution in [3.63, 3.8) is 0 Å². The Hall–Kier alpha value is -5.94. The third-order valence-electron chi connectivity index (χ3n) is 8.49. The minimum Gasteiger partial charge on any atom is -0.455 e. The average Bonchev–Trinajstić information content (AvgIpc) is 3.65. The van der Waals surface area contributed by atoms with E-state index in [1.54, 1.807) is 0 Å². The molecular formula is C39H26N4O. The molecule has 0 radical (unpaired) electrons. The summed E-state index contributed by atoms with van der Waals surface area (Å²) in [6.45, 7) is 0. The van der Waals surface area contributed by atoms with Gasteiger partial charge in [0.25, 0.3) is 0 Å². The molecule has 1 unspecified atom stereocenters. The summed E-state index contributed by atoms with van der Waals surface area (Å²) >= 11 is 0. The molecule has 0 fully saturated rings. The Labute approximate surface area is 253 Å². The van der Waals surface area contributed by atoms with E-state index in [2.05, 4.69) is 131 Å². The summed E-state index contributed by atoms with van der Waals surface area (Å²) in [5.74, 6) is 1.39. The van der Waals surface area contributed by atoms with Gasteiger partial charge in [-0.15, -0.1) is 0 Å². The van der Waals surface area contributed by atoms with Gasteiger partial charge in [-0.2, -0.15) is 0 Å². The van der Waals surface area contributed by atoms with Crippen LogP contribution < -0.4 is 5.32 Å². The van der Waals surface area contributed by atoms with Gasteiger partial charge in [0, 0.05) is 32.7 Å². The Morgan fingerprint density at radius 2 is 1.02 bits per heavy atom. The molecule has 208 valence electrons. The summed E-state index contributed by atoms with van der Waals surface area (Å²) in [5.41, 5.74) is 7.90. The summed E-state index contributed by atoms with van der Waals surface area (Å²) in [4.78, 5) is 10.4. The Kier molecular flexibility index (Phi) is 5.50. The number of furan rings is 1. The lowest BCUT2D eigenvalue weighted by Crippen LogP contribution is -2.36. The molecule has 1 aliphatic rings. The molecule has 0 bridgehead atoms. The van der Waals surface area contributed by atoms with Gasteiger partial charge in [-0.1, -0.05) is 127 Å². The molecule has 0 spiro atoms. The van der Waals surface area contributed by atoms with Gasteiger partial charge in [0.05, 0.1) is 16.6 Å². The first kappa shape index (κ1) is 24.6. The fourth-order valence-corrected chi connectivity index (χ4v) is 6.49. The molecule has 9 rings (SSSR count). The van der Waals surface area contributed by atoms with Crippen LogP contribution in [-0.4, -0.2) is 16.2 Å². The monoisotopic (exact) mass is 566 g/mol. The summed E-state index contributed by atoms with van der Waals surface area (Å²) in [6, 6.07) is 50.2. The van der Waals surface area contributed by atoms with Gasteiger partial charge in [-0.05, 0) is 23.8 Å². The summed E-state index contributed by atoms with van der Waals surface area (Å²) in [6.07, 6.45) is -0.429. The van der Waals surface area contributed by atoms with Crippen LogP contribution in [0.5, 0.6) is 0 Å². The molecule has 44 heavy (non-hydrogen) atoms. The minimum absolute atomic E-state index is 0.429. The largest absolute Gasteiger partial charge is 0.455 e. The molecular weight excluding hydrogens is 540 g/mol. The first-order valence-electron chi connectivity index (χ1n) is 14.8. The van der Waals surface area contributed by atoms with Gasteiger partial charge in [0.15, 0.2) is 5.84 Å². The lowest BCUT2D eigenvalue weighted by Gasteiger charge is -2.25. The normalized spacial score (nSPS) is 15.0. The Bertz CT molecular complexity index is 2360. The van der Waals surface area contributed by atoms with E-state index in [1.807, 2.05) is 24.3 Å². The third-order valence-corrected chi connectivity index (χ3v) is 8.49. The molecule has 1 aliphatic heterocycles. The Morgan fingerprint density at radius 3 is 1.68 bits per heavy atom. The third kappa shape index (κ3) is 3.80. The van der Waals surface area contributed by atoms with Gasteiger partial charge in [-0.3, -0.25) is 0 Å². The van der Waals surface area contributed by atoms with Crippen molar-refractivity contribution in [2.75, 3.05) is 0 Å². The van der Waals surface area contributed by atoms with Crippen LogP contribution in [0, 0.1) is 0 Å². The van der Waals surface area contributed by atoms with Crippen LogP contribution in [-0.2, 0) is 0 Å². The molecule has 0 amide bonds. The second kappa shape index (κ2) is 9.82. The molecule has 2 aromatic heterocycles. The molecule has 0 saturated heterocycles. The lowest BCUT2D eigenvalue weighted by molar-refractivity contribution is 0.515. The molecule has 3 heterocycles. The second-order valence-corrected chi connectivity index (χ2v) is 11.0. The van der Waals surface area contributed by atoms with Gasteiger partial charge < -0.3 is 14.3 Å². The minimum atomic E-state index is -0.429. The van der Waals surface area contributed by atoms with Crippen LogP contribution in [0.25, 0.3) is 54.9 Å². The van der Waals surface area contributed by atoms with Gasteiger partial charge in [0.2, 0.25) is 6.29 Å². The first-order chi connectivity index (χ1) is 21.8. The van der Waals surface area contributed by atoms with Gasteiger partial charge in [0.1, 0.15) is 17.0 Å². The second-order valence-electron chi connectivity index (χ2n) is 11.0. The predicted molar refractivity (Wildman–Crippen MR) is 180 cm³/mol. The van der Waals surface area contributed by atoms with Crippen LogP contribution >= 0.6 is 0 Å². The van der Waals surface area contributed by atoms with Crippen LogP contribution in [0.3, 0.4) is 0 Å². The van der Waals surface area contributed by atoms with Crippen LogP contribution in [0.15, 0.2) is 160 Å². The highest BCUT2D eigenvalue weighted by Gasteiger charge is 2.26. The zero-order chi connectivity index (χ0) is 29.0. The van der Waals surface area contributed by atoms with Gasteiger partial charge >= 0.3 is 0 Å². The lowest BCUT2D eigenvalue weighted by atomic mass is 10.0. The SMILES string of the molecule is c1ccc(C2=NC(c3cccc4c3oc3c(-c5ccccc5)cccc34)=NC(n3c4ccccc4c4ccccc43)N2)cc1. The molecule has 5 nitrogen and oxygen atoms in total. The number of hydrogen-bond acceptors (Lipinski definition) is 4. The number of benzene rings is 6.